The monoisotopic (exact) mass is 505 g/mol. The number of hydrogen-bond donors (Lipinski definition) is 2. The van der Waals surface area contributed by atoms with Crippen LogP contribution in [0.1, 0.15) is 12.6 Å². The van der Waals surface area contributed by atoms with Crippen LogP contribution in [0.4, 0.5) is 11.4 Å². The van der Waals surface area contributed by atoms with Crippen LogP contribution in [0.15, 0.2) is 65.7 Å². The Balaban J connectivity index is 1.38. The summed E-state index contributed by atoms with van der Waals surface area (Å²) < 4.78 is 5.31. The van der Waals surface area contributed by atoms with Crippen molar-refractivity contribution in [2.45, 2.75) is 18.9 Å². The zero-order chi connectivity index (χ0) is 24.8. The third-order valence-corrected chi connectivity index (χ3v) is 6.95. The molecular formula is C25H23N5O3S2. The second kappa shape index (κ2) is 11.1. The van der Waals surface area contributed by atoms with Gasteiger partial charge in [0, 0.05) is 23.9 Å². The molecule has 0 saturated carbocycles. The summed E-state index contributed by atoms with van der Waals surface area (Å²) in [7, 11) is 1.64. The number of thioether (sulfide) groups is 1. The molecule has 2 heterocycles. The first-order chi connectivity index (χ1) is 16.9. The highest BCUT2D eigenvalue weighted by Gasteiger charge is 2.14. The predicted molar refractivity (Wildman–Crippen MR) is 140 cm³/mol. The average molecular weight is 506 g/mol. The molecule has 178 valence electrons. The minimum Gasteiger partial charge on any atom is -0.497 e. The lowest BCUT2D eigenvalue weighted by molar-refractivity contribution is -0.114. The zero-order valence-corrected chi connectivity index (χ0v) is 21.0. The Morgan fingerprint density at radius 3 is 2.49 bits per heavy atom. The number of amides is 2. The normalized spacial score (nSPS) is 10.6. The second-order valence-corrected chi connectivity index (χ2v) is 9.52. The number of methoxy groups -OCH3 is 1. The number of carbonyl (C=O) groups excluding carboxylic acids is 2. The van der Waals surface area contributed by atoms with Crippen molar-refractivity contribution in [2.75, 3.05) is 23.5 Å². The van der Waals surface area contributed by atoms with Crippen LogP contribution in [0, 0.1) is 6.92 Å². The molecule has 0 radical (unpaired) electrons. The number of anilines is 2. The Morgan fingerprint density at radius 1 is 1.00 bits per heavy atom. The van der Waals surface area contributed by atoms with Gasteiger partial charge < -0.3 is 15.4 Å². The summed E-state index contributed by atoms with van der Waals surface area (Å²) in [4.78, 5) is 29.2. The number of ether oxygens (including phenoxy) is 1. The number of aromatic nitrogens is 3. The highest BCUT2D eigenvalue weighted by atomic mass is 32.2. The van der Waals surface area contributed by atoms with Crippen molar-refractivity contribution in [3.05, 3.63) is 66.4 Å². The topological polar surface area (TPSA) is 106 Å². The summed E-state index contributed by atoms with van der Waals surface area (Å²) in [5.74, 6) is 0.610. The maximum atomic E-state index is 12.4. The summed E-state index contributed by atoms with van der Waals surface area (Å²) in [6, 6.07) is 18.5. The molecule has 35 heavy (non-hydrogen) atoms. The van der Waals surface area contributed by atoms with E-state index in [4.69, 9.17) is 9.72 Å². The SMILES string of the molecule is COc1cccc(-c2nc(C)c(-c3ccc(SCC(=O)Nc4cccc(NC(C)=O)c4)nn3)s2)c1. The number of aryl methyl sites for hydroxylation is 1. The summed E-state index contributed by atoms with van der Waals surface area (Å²) >= 11 is 2.84. The summed E-state index contributed by atoms with van der Waals surface area (Å²) in [6.07, 6.45) is 0. The van der Waals surface area contributed by atoms with E-state index >= 15 is 0 Å². The Labute approximate surface area is 211 Å². The van der Waals surface area contributed by atoms with Crippen molar-refractivity contribution in [1.82, 2.24) is 15.2 Å². The Bertz CT molecular complexity index is 1360. The van der Waals surface area contributed by atoms with Crippen LogP contribution < -0.4 is 15.4 Å². The van der Waals surface area contributed by atoms with Crippen LogP contribution in [-0.4, -0.2) is 39.9 Å². The molecule has 10 heteroatoms. The van der Waals surface area contributed by atoms with E-state index in [-0.39, 0.29) is 17.6 Å². The van der Waals surface area contributed by atoms with Gasteiger partial charge in [-0.05, 0) is 49.4 Å². The van der Waals surface area contributed by atoms with E-state index in [0.717, 1.165) is 32.6 Å². The molecule has 2 aromatic carbocycles. The van der Waals surface area contributed by atoms with E-state index in [1.807, 2.05) is 43.3 Å². The minimum atomic E-state index is -0.179. The van der Waals surface area contributed by atoms with E-state index in [0.29, 0.717) is 16.4 Å². The molecule has 0 spiro atoms. The Hall–Kier alpha value is -3.76. The molecule has 0 bridgehead atoms. The molecule has 0 unspecified atom stereocenters. The molecule has 0 aliphatic carbocycles. The molecular weight excluding hydrogens is 482 g/mol. The summed E-state index contributed by atoms with van der Waals surface area (Å²) in [5, 5.41) is 15.7. The quantitative estimate of drug-likeness (QED) is 0.314. The van der Waals surface area contributed by atoms with E-state index < -0.39 is 0 Å². The van der Waals surface area contributed by atoms with Gasteiger partial charge in [-0.2, -0.15) is 0 Å². The van der Waals surface area contributed by atoms with Gasteiger partial charge in [-0.1, -0.05) is 30.0 Å². The molecule has 2 amide bonds. The second-order valence-electron chi connectivity index (χ2n) is 7.52. The van der Waals surface area contributed by atoms with Gasteiger partial charge in [-0.3, -0.25) is 9.59 Å². The van der Waals surface area contributed by atoms with Gasteiger partial charge in [-0.25, -0.2) is 4.98 Å². The predicted octanol–water partition coefficient (Wildman–Crippen LogP) is 5.27. The van der Waals surface area contributed by atoms with Crippen LogP contribution >= 0.6 is 23.1 Å². The van der Waals surface area contributed by atoms with Crippen molar-refractivity contribution in [1.29, 1.82) is 0 Å². The van der Waals surface area contributed by atoms with Crippen LogP contribution in [0.2, 0.25) is 0 Å². The molecule has 4 rings (SSSR count). The van der Waals surface area contributed by atoms with Gasteiger partial charge in [0.2, 0.25) is 11.8 Å². The van der Waals surface area contributed by atoms with Gasteiger partial charge in [-0.15, -0.1) is 21.5 Å². The number of carbonyl (C=O) groups is 2. The number of thiazole rings is 1. The molecule has 4 aromatic rings. The number of rotatable bonds is 8. The van der Waals surface area contributed by atoms with Gasteiger partial charge in [0.05, 0.1) is 23.4 Å². The molecule has 2 N–H and O–H groups in total. The fraction of sp³-hybridized carbons (Fsp3) is 0.160. The number of hydrogen-bond acceptors (Lipinski definition) is 8. The smallest absolute Gasteiger partial charge is 0.234 e. The van der Waals surface area contributed by atoms with Gasteiger partial charge in [0.15, 0.2) is 0 Å². The van der Waals surface area contributed by atoms with E-state index in [9.17, 15) is 9.59 Å². The number of benzene rings is 2. The van der Waals surface area contributed by atoms with Crippen molar-refractivity contribution < 1.29 is 14.3 Å². The zero-order valence-electron chi connectivity index (χ0n) is 19.4. The first-order valence-corrected chi connectivity index (χ1v) is 12.5. The summed E-state index contributed by atoms with van der Waals surface area (Å²) in [6.45, 7) is 3.38. The van der Waals surface area contributed by atoms with Crippen LogP contribution in [0.5, 0.6) is 5.75 Å². The molecule has 2 aromatic heterocycles. The minimum absolute atomic E-state index is 0.170. The largest absolute Gasteiger partial charge is 0.497 e. The number of nitrogens with zero attached hydrogens (tertiary/aromatic N) is 3. The Kier molecular flexibility index (Phi) is 7.74. The van der Waals surface area contributed by atoms with Gasteiger partial charge >= 0.3 is 0 Å². The maximum absolute atomic E-state index is 12.4. The molecule has 0 fully saturated rings. The van der Waals surface area contributed by atoms with Crippen molar-refractivity contribution in [2.24, 2.45) is 0 Å². The van der Waals surface area contributed by atoms with Crippen molar-refractivity contribution in [3.8, 4) is 26.9 Å². The first-order valence-electron chi connectivity index (χ1n) is 10.7. The molecule has 0 aliphatic heterocycles. The molecule has 0 saturated heterocycles. The maximum Gasteiger partial charge on any atom is 0.234 e. The van der Waals surface area contributed by atoms with Crippen LogP contribution in [0.3, 0.4) is 0 Å². The van der Waals surface area contributed by atoms with E-state index in [1.165, 1.54) is 18.7 Å². The highest BCUT2D eigenvalue weighted by Crippen LogP contribution is 2.35. The molecule has 0 atom stereocenters. The van der Waals surface area contributed by atoms with Crippen molar-refractivity contribution >= 4 is 46.3 Å². The lowest BCUT2D eigenvalue weighted by atomic mass is 10.2. The van der Waals surface area contributed by atoms with Crippen molar-refractivity contribution in [3.63, 3.8) is 0 Å². The van der Waals surface area contributed by atoms with Crippen LogP contribution in [-0.2, 0) is 9.59 Å². The fourth-order valence-electron chi connectivity index (χ4n) is 3.25. The summed E-state index contributed by atoms with van der Waals surface area (Å²) in [5.41, 5.74) is 3.83. The van der Waals surface area contributed by atoms with Gasteiger partial charge in [0.25, 0.3) is 0 Å². The lowest BCUT2D eigenvalue weighted by Gasteiger charge is -2.07. The van der Waals surface area contributed by atoms with Gasteiger partial charge in [0.1, 0.15) is 21.5 Å². The number of nitrogens with one attached hydrogen (secondary N) is 2. The highest BCUT2D eigenvalue weighted by molar-refractivity contribution is 7.99. The third kappa shape index (κ3) is 6.43. The first kappa shape index (κ1) is 24.4. The molecule has 0 aliphatic rings. The fourth-order valence-corrected chi connectivity index (χ4v) is 4.89. The van der Waals surface area contributed by atoms with Crippen LogP contribution in [0.25, 0.3) is 21.1 Å². The third-order valence-electron chi connectivity index (χ3n) is 4.80. The van der Waals surface area contributed by atoms with E-state index in [1.54, 1.807) is 42.7 Å². The van der Waals surface area contributed by atoms with E-state index in [2.05, 4.69) is 20.8 Å². The lowest BCUT2D eigenvalue weighted by Crippen LogP contribution is -2.14. The molecule has 8 nitrogen and oxygen atoms in total. The standard InChI is InChI=1S/C25H23N5O3S2/c1-15-24(35-25(26-15)17-6-4-9-20(12-17)33-3)21-10-11-23(30-29-21)34-14-22(32)28-19-8-5-7-18(13-19)27-16(2)31/h4-13H,14H2,1-3H3,(H,27,31)(H,28,32). The average Bonchev–Trinajstić information content (AvgIpc) is 3.24. The Morgan fingerprint density at radius 2 is 1.77 bits per heavy atom.